The number of nitrogens with zero attached hydrogens (tertiary/aromatic N) is 2. The van der Waals surface area contributed by atoms with Crippen LogP contribution in [0.4, 0.5) is 52.7 Å². The first-order valence-electron chi connectivity index (χ1n) is 7.27. The van der Waals surface area contributed by atoms with E-state index in [4.69, 9.17) is 0 Å². The molecule has 0 atom stereocenters. The zero-order valence-corrected chi connectivity index (χ0v) is 15.3. The van der Waals surface area contributed by atoms with Crippen LogP contribution in [0.5, 0.6) is 0 Å². The molecule has 0 radical (unpaired) electrons. The maximum atomic E-state index is 13.5. The van der Waals surface area contributed by atoms with Crippen LogP contribution in [0, 0.1) is 0 Å². The number of alkyl halides is 14. The topological polar surface area (TPSA) is 40.6 Å². The van der Waals surface area contributed by atoms with Crippen LogP contribution in [0.2, 0.25) is 0 Å². The number of halogens is 14. The molecule has 0 aromatic rings. The third kappa shape index (κ3) is 4.21. The van der Waals surface area contributed by atoms with Crippen molar-refractivity contribution in [1.82, 2.24) is 9.80 Å². The Hall–Kier alpha value is -1.32. The molecule has 30 heavy (non-hydrogen) atoms. The zero-order chi connectivity index (χ0) is 24.1. The Morgan fingerprint density at radius 2 is 0.733 bits per heavy atom. The van der Waals surface area contributed by atoms with Gasteiger partial charge in [-0.15, -0.1) is 0 Å². The van der Waals surface area contributed by atoms with Gasteiger partial charge in [-0.1, -0.05) is 0 Å². The second-order valence-electron chi connectivity index (χ2n) is 5.88. The predicted octanol–water partition coefficient (Wildman–Crippen LogP) is 3.86. The standard InChI is InChI=1S/C12H8Cl2F12N2O2/c13-11(23,24)9(19,20)7(15,16)5(29)27-1-2-28(4-3-27)6(30)8(17,18)10(21,22)12(14,25)26/h1-4H2. The zero-order valence-electron chi connectivity index (χ0n) is 13.8. The maximum Gasteiger partial charge on any atom is 0.395 e. The quantitative estimate of drug-likeness (QED) is 0.402. The molecular weight excluding hydrogens is 503 g/mol. The number of piperazine rings is 1. The van der Waals surface area contributed by atoms with Gasteiger partial charge in [-0.3, -0.25) is 9.59 Å². The van der Waals surface area contributed by atoms with Crippen molar-refractivity contribution in [2.75, 3.05) is 26.2 Å². The van der Waals surface area contributed by atoms with Crippen molar-refractivity contribution in [3.63, 3.8) is 0 Å². The fourth-order valence-electron chi connectivity index (χ4n) is 2.13. The highest BCUT2D eigenvalue weighted by molar-refractivity contribution is 6.23. The lowest BCUT2D eigenvalue weighted by Crippen LogP contribution is -2.65. The number of hydrogen-bond donors (Lipinski definition) is 0. The summed E-state index contributed by atoms with van der Waals surface area (Å²) in [7, 11) is 0. The fraction of sp³-hybridized carbons (Fsp3) is 0.833. The van der Waals surface area contributed by atoms with E-state index in [2.05, 4.69) is 23.2 Å². The predicted molar refractivity (Wildman–Crippen MR) is 74.5 cm³/mol. The van der Waals surface area contributed by atoms with Crippen LogP contribution in [0.25, 0.3) is 0 Å². The molecule has 0 spiro atoms. The summed E-state index contributed by atoms with van der Waals surface area (Å²) in [6.45, 7) is -5.15. The van der Waals surface area contributed by atoms with Gasteiger partial charge in [0.05, 0.1) is 0 Å². The minimum absolute atomic E-state index is 0.257. The van der Waals surface area contributed by atoms with Crippen LogP contribution >= 0.6 is 23.2 Å². The molecule has 176 valence electrons. The lowest BCUT2D eigenvalue weighted by Gasteiger charge is -2.39. The maximum absolute atomic E-state index is 13.5. The van der Waals surface area contributed by atoms with Crippen LogP contribution < -0.4 is 0 Å². The molecule has 1 rings (SSSR count). The van der Waals surface area contributed by atoms with Gasteiger partial charge in [-0.25, -0.2) is 0 Å². The third-order valence-corrected chi connectivity index (χ3v) is 4.37. The minimum Gasteiger partial charge on any atom is -0.334 e. The van der Waals surface area contributed by atoms with Crippen molar-refractivity contribution in [2.45, 2.75) is 34.5 Å². The van der Waals surface area contributed by atoms with Gasteiger partial charge in [0.2, 0.25) is 0 Å². The highest BCUT2D eigenvalue weighted by atomic mass is 35.5. The summed E-state index contributed by atoms with van der Waals surface area (Å²) in [5.41, 5.74) is 0. The second kappa shape index (κ2) is 7.67. The molecule has 1 fully saturated rings. The average molecular weight is 511 g/mol. The van der Waals surface area contributed by atoms with Gasteiger partial charge in [0.15, 0.2) is 0 Å². The van der Waals surface area contributed by atoms with Gasteiger partial charge in [0, 0.05) is 26.2 Å². The van der Waals surface area contributed by atoms with Gasteiger partial charge in [0.25, 0.3) is 11.8 Å². The SMILES string of the molecule is O=C(N1CCN(C(=O)C(F)(F)C(F)(F)C(F)(F)Cl)CC1)C(F)(F)C(F)(F)C(F)(F)Cl. The molecule has 2 amide bonds. The van der Waals surface area contributed by atoms with Gasteiger partial charge in [-0.2, -0.15) is 52.7 Å². The van der Waals surface area contributed by atoms with Crippen molar-refractivity contribution < 1.29 is 62.3 Å². The highest BCUT2D eigenvalue weighted by Crippen LogP contribution is 2.50. The third-order valence-electron chi connectivity index (χ3n) is 3.89. The van der Waals surface area contributed by atoms with Crippen LogP contribution in [0.1, 0.15) is 0 Å². The first-order chi connectivity index (χ1) is 13.0. The Morgan fingerprint density at radius 1 is 0.533 bits per heavy atom. The summed E-state index contributed by atoms with van der Waals surface area (Å²) in [5.74, 6) is -30.8. The largest absolute Gasteiger partial charge is 0.395 e. The van der Waals surface area contributed by atoms with E-state index in [1.165, 1.54) is 0 Å². The van der Waals surface area contributed by atoms with E-state index >= 15 is 0 Å². The molecule has 18 heteroatoms. The molecule has 0 aromatic carbocycles. The fourth-order valence-corrected chi connectivity index (χ4v) is 2.37. The molecular formula is C12H8Cl2F12N2O2. The summed E-state index contributed by atoms with van der Waals surface area (Å²) < 4.78 is 157. The normalized spacial score (nSPS) is 17.9. The summed E-state index contributed by atoms with van der Waals surface area (Å²) in [5, 5.41) is -11.7. The Balaban J connectivity index is 2.96. The van der Waals surface area contributed by atoms with E-state index in [-0.39, 0.29) is 9.80 Å². The molecule has 1 aliphatic rings. The van der Waals surface area contributed by atoms with Crippen molar-refractivity contribution in [2.24, 2.45) is 0 Å². The smallest absolute Gasteiger partial charge is 0.334 e. The summed E-state index contributed by atoms with van der Waals surface area (Å²) in [4.78, 5) is 22.5. The Bertz CT molecular complexity index is 626. The monoisotopic (exact) mass is 510 g/mol. The molecule has 1 heterocycles. The van der Waals surface area contributed by atoms with E-state index < -0.39 is 72.4 Å². The van der Waals surface area contributed by atoms with Crippen molar-refractivity contribution >= 4 is 35.0 Å². The number of carbonyl (C=O) groups excluding carboxylic acids is 2. The second-order valence-corrected chi connectivity index (χ2v) is 6.83. The van der Waals surface area contributed by atoms with E-state index in [0.29, 0.717) is 0 Å². The number of amides is 2. The molecule has 1 saturated heterocycles. The van der Waals surface area contributed by atoms with Crippen molar-refractivity contribution in [3.8, 4) is 0 Å². The first kappa shape index (κ1) is 26.7. The van der Waals surface area contributed by atoms with Crippen molar-refractivity contribution in [1.29, 1.82) is 0 Å². The lowest BCUT2D eigenvalue weighted by atomic mass is 10.1. The van der Waals surface area contributed by atoms with Gasteiger partial charge in [0.1, 0.15) is 0 Å². The minimum atomic E-state index is -6.38. The van der Waals surface area contributed by atoms with Crippen LogP contribution in [0.3, 0.4) is 0 Å². The molecule has 0 aromatic heterocycles. The Morgan fingerprint density at radius 3 is 0.900 bits per heavy atom. The highest BCUT2D eigenvalue weighted by Gasteiger charge is 2.76. The summed E-state index contributed by atoms with van der Waals surface area (Å²) in [6.07, 6.45) is 0. The summed E-state index contributed by atoms with van der Waals surface area (Å²) in [6, 6.07) is 0. The first-order valence-corrected chi connectivity index (χ1v) is 8.02. The lowest BCUT2D eigenvalue weighted by molar-refractivity contribution is -0.276. The van der Waals surface area contributed by atoms with Crippen LogP contribution in [-0.4, -0.2) is 82.2 Å². The van der Waals surface area contributed by atoms with E-state index in [1.54, 1.807) is 0 Å². The van der Waals surface area contributed by atoms with Gasteiger partial charge < -0.3 is 9.80 Å². The number of carbonyl (C=O) groups is 2. The molecule has 0 unspecified atom stereocenters. The average Bonchev–Trinajstić information content (AvgIpc) is 2.58. The van der Waals surface area contributed by atoms with Gasteiger partial charge in [-0.05, 0) is 23.2 Å². The van der Waals surface area contributed by atoms with Crippen LogP contribution in [-0.2, 0) is 9.59 Å². The molecule has 0 bridgehead atoms. The van der Waals surface area contributed by atoms with E-state index in [1.807, 2.05) is 0 Å². The van der Waals surface area contributed by atoms with Crippen molar-refractivity contribution in [3.05, 3.63) is 0 Å². The molecule has 0 N–H and O–H groups in total. The van der Waals surface area contributed by atoms with E-state index in [9.17, 15) is 62.3 Å². The van der Waals surface area contributed by atoms with Gasteiger partial charge >= 0.3 is 34.5 Å². The number of rotatable bonds is 6. The van der Waals surface area contributed by atoms with E-state index in [0.717, 1.165) is 0 Å². The number of hydrogen-bond acceptors (Lipinski definition) is 2. The summed E-state index contributed by atoms with van der Waals surface area (Å²) >= 11 is 7.75. The Kier molecular flexibility index (Phi) is 6.83. The molecule has 0 saturated carbocycles. The Labute approximate surface area is 168 Å². The van der Waals surface area contributed by atoms with Crippen LogP contribution in [0.15, 0.2) is 0 Å². The molecule has 1 aliphatic heterocycles. The molecule has 4 nitrogen and oxygen atoms in total. The molecule has 0 aliphatic carbocycles.